The molecule has 7 heteroatoms. The van der Waals surface area contributed by atoms with Gasteiger partial charge in [0.25, 0.3) is 0 Å². The first-order chi connectivity index (χ1) is 14.2. The lowest BCUT2D eigenvalue weighted by atomic mass is 10.0. The minimum atomic E-state index is -0.215. The first kappa shape index (κ1) is 24.6. The fourth-order valence-electron chi connectivity index (χ4n) is 3.76. The van der Waals surface area contributed by atoms with E-state index in [1.54, 1.807) is 13.1 Å². The number of likely N-dealkylation sites (N-methyl/N-ethyl adjacent to an activating group) is 1. The van der Waals surface area contributed by atoms with Gasteiger partial charge in [0.1, 0.15) is 5.82 Å². The highest BCUT2D eigenvalue weighted by atomic mass is 127. The molecular weight excluding hydrogens is 492 g/mol. The molecule has 0 radical (unpaired) electrons. The zero-order valence-electron chi connectivity index (χ0n) is 17.9. The minimum Gasteiger partial charge on any atom is -0.356 e. The molecule has 1 saturated heterocycles. The Labute approximate surface area is 196 Å². The Morgan fingerprint density at radius 3 is 2.63 bits per heavy atom. The molecule has 0 saturated carbocycles. The van der Waals surface area contributed by atoms with E-state index in [1.807, 2.05) is 6.07 Å². The van der Waals surface area contributed by atoms with Crippen LogP contribution in [-0.4, -0.2) is 62.6 Å². The Bertz CT molecular complexity index is 786. The van der Waals surface area contributed by atoms with Gasteiger partial charge in [0.05, 0.1) is 0 Å². The molecule has 1 fully saturated rings. The van der Waals surface area contributed by atoms with Gasteiger partial charge in [-0.25, -0.2) is 4.39 Å². The number of halogens is 2. The van der Waals surface area contributed by atoms with Gasteiger partial charge in [-0.3, -0.25) is 9.89 Å². The lowest BCUT2D eigenvalue weighted by Crippen LogP contribution is -2.47. The topological polar surface area (TPSA) is 42.9 Å². The number of benzene rings is 2. The molecule has 0 spiro atoms. The van der Waals surface area contributed by atoms with Crippen LogP contribution in [0.15, 0.2) is 59.6 Å². The largest absolute Gasteiger partial charge is 0.356 e. The molecule has 2 aromatic carbocycles. The van der Waals surface area contributed by atoms with Gasteiger partial charge in [0.15, 0.2) is 5.96 Å². The Morgan fingerprint density at radius 2 is 1.90 bits per heavy atom. The SMILES string of the molecule is CN=C(NCCCN1CCN(C)CC1c1ccccc1)NCc1cccc(F)c1.I. The molecule has 1 heterocycles. The summed E-state index contributed by atoms with van der Waals surface area (Å²) in [5.74, 6) is 0.527. The quantitative estimate of drug-likeness (QED) is 0.252. The smallest absolute Gasteiger partial charge is 0.191 e. The van der Waals surface area contributed by atoms with Gasteiger partial charge < -0.3 is 15.5 Å². The summed E-state index contributed by atoms with van der Waals surface area (Å²) in [7, 11) is 3.95. The van der Waals surface area contributed by atoms with Crippen molar-refractivity contribution in [2.45, 2.75) is 19.0 Å². The molecule has 3 rings (SSSR count). The van der Waals surface area contributed by atoms with E-state index in [0.717, 1.165) is 50.7 Å². The van der Waals surface area contributed by atoms with Crippen LogP contribution < -0.4 is 10.6 Å². The molecule has 0 aliphatic carbocycles. The molecule has 1 aliphatic heterocycles. The number of nitrogens with zero attached hydrogens (tertiary/aromatic N) is 3. The highest BCUT2D eigenvalue weighted by Crippen LogP contribution is 2.24. The Kier molecular flexibility index (Phi) is 10.5. The van der Waals surface area contributed by atoms with E-state index in [-0.39, 0.29) is 29.8 Å². The van der Waals surface area contributed by atoms with Gasteiger partial charge in [-0.1, -0.05) is 42.5 Å². The molecule has 0 bridgehead atoms. The number of hydrogen-bond acceptors (Lipinski definition) is 3. The molecule has 2 N–H and O–H groups in total. The highest BCUT2D eigenvalue weighted by molar-refractivity contribution is 14.0. The van der Waals surface area contributed by atoms with Crippen LogP contribution in [0.5, 0.6) is 0 Å². The summed E-state index contributed by atoms with van der Waals surface area (Å²) in [5.41, 5.74) is 2.29. The van der Waals surface area contributed by atoms with E-state index >= 15 is 0 Å². The van der Waals surface area contributed by atoms with Crippen molar-refractivity contribution in [3.63, 3.8) is 0 Å². The zero-order chi connectivity index (χ0) is 20.5. The minimum absolute atomic E-state index is 0. The van der Waals surface area contributed by atoms with Crippen LogP contribution in [-0.2, 0) is 6.54 Å². The third-order valence-electron chi connectivity index (χ3n) is 5.37. The van der Waals surface area contributed by atoms with Crippen LogP contribution in [0.4, 0.5) is 4.39 Å². The first-order valence-corrected chi connectivity index (χ1v) is 10.3. The lowest BCUT2D eigenvalue weighted by molar-refractivity contribution is 0.0891. The first-order valence-electron chi connectivity index (χ1n) is 10.3. The van der Waals surface area contributed by atoms with Crippen LogP contribution >= 0.6 is 24.0 Å². The summed E-state index contributed by atoms with van der Waals surface area (Å²) in [6.07, 6.45) is 1.04. The summed E-state index contributed by atoms with van der Waals surface area (Å²) in [6.45, 7) is 5.69. The van der Waals surface area contributed by atoms with E-state index in [2.05, 4.69) is 62.8 Å². The van der Waals surface area contributed by atoms with Crippen LogP contribution in [0.25, 0.3) is 0 Å². The maximum absolute atomic E-state index is 13.3. The molecule has 30 heavy (non-hydrogen) atoms. The molecule has 164 valence electrons. The Balaban J connectivity index is 0.00000320. The van der Waals surface area contributed by atoms with Crippen molar-refractivity contribution in [2.24, 2.45) is 4.99 Å². The summed E-state index contributed by atoms with van der Waals surface area (Å²) in [5, 5.41) is 6.61. The summed E-state index contributed by atoms with van der Waals surface area (Å²) < 4.78 is 13.3. The normalized spacial score (nSPS) is 18.0. The van der Waals surface area contributed by atoms with E-state index < -0.39 is 0 Å². The number of rotatable bonds is 7. The van der Waals surface area contributed by atoms with Crippen LogP contribution in [0, 0.1) is 5.82 Å². The fraction of sp³-hybridized carbons (Fsp3) is 0.435. The lowest BCUT2D eigenvalue weighted by Gasteiger charge is -2.40. The van der Waals surface area contributed by atoms with Crippen molar-refractivity contribution < 1.29 is 4.39 Å². The summed E-state index contributed by atoms with van der Waals surface area (Å²) in [4.78, 5) is 9.25. The average Bonchev–Trinajstić information content (AvgIpc) is 2.74. The third kappa shape index (κ3) is 7.52. The van der Waals surface area contributed by atoms with Gasteiger partial charge in [-0.2, -0.15) is 0 Å². The predicted octanol–water partition coefficient (Wildman–Crippen LogP) is 3.49. The fourth-order valence-corrected chi connectivity index (χ4v) is 3.76. The van der Waals surface area contributed by atoms with Gasteiger partial charge in [0, 0.05) is 52.4 Å². The van der Waals surface area contributed by atoms with Crippen LogP contribution in [0.1, 0.15) is 23.6 Å². The molecular formula is C23H33FIN5. The zero-order valence-corrected chi connectivity index (χ0v) is 20.2. The van der Waals surface area contributed by atoms with E-state index in [9.17, 15) is 4.39 Å². The molecule has 0 amide bonds. The van der Waals surface area contributed by atoms with Crippen molar-refractivity contribution in [1.29, 1.82) is 0 Å². The van der Waals surface area contributed by atoms with Crippen LogP contribution in [0.3, 0.4) is 0 Å². The van der Waals surface area contributed by atoms with E-state index in [1.165, 1.54) is 17.7 Å². The van der Waals surface area contributed by atoms with E-state index in [0.29, 0.717) is 12.6 Å². The van der Waals surface area contributed by atoms with Gasteiger partial charge in [-0.15, -0.1) is 24.0 Å². The number of piperazine rings is 1. The second-order valence-corrected chi connectivity index (χ2v) is 7.56. The van der Waals surface area contributed by atoms with E-state index in [4.69, 9.17) is 0 Å². The number of hydrogen-bond donors (Lipinski definition) is 2. The second kappa shape index (κ2) is 12.9. The van der Waals surface area contributed by atoms with Crippen molar-refractivity contribution in [1.82, 2.24) is 20.4 Å². The molecule has 1 aliphatic rings. The predicted molar refractivity (Wildman–Crippen MR) is 133 cm³/mol. The number of nitrogens with one attached hydrogen (secondary N) is 2. The highest BCUT2D eigenvalue weighted by Gasteiger charge is 2.25. The molecule has 5 nitrogen and oxygen atoms in total. The number of aliphatic imine (C=N–C) groups is 1. The summed E-state index contributed by atoms with van der Waals surface area (Å²) >= 11 is 0. The van der Waals surface area contributed by atoms with Gasteiger partial charge in [0.2, 0.25) is 0 Å². The Hall–Kier alpha value is -1.71. The maximum atomic E-state index is 13.3. The monoisotopic (exact) mass is 525 g/mol. The van der Waals surface area contributed by atoms with Crippen molar-refractivity contribution in [3.8, 4) is 0 Å². The standard InChI is InChI=1S/C23H32FN5.HI/c1-25-23(27-17-19-8-6-11-21(24)16-19)26-12-7-13-29-15-14-28(2)18-22(29)20-9-4-3-5-10-20;/h3-6,8-11,16,22H,7,12-15,17-18H2,1-2H3,(H2,25,26,27);1H. The van der Waals surface area contributed by atoms with Gasteiger partial charge in [-0.05, 0) is 36.7 Å². The summed E-state index contributed by atoms with van der Waals surface area (Å²) in [6, 6.07) is 17.8. The molecule has 0 aromatic heterocycles. The maximum Gasteiger partial charge on any atom is 0.191 e. The van der Waals surface area contributed by atoms with Crippen LogP contribution in [0.2, 0.25) is 0 Å². The third-order valence-corrected chi connectivity index (χ3v) is 5.37. The molecule has 1 atom stereocenters. The second-order valence-electron chi connectivity index (χ2n) is 7.56. The molecule has 1 unspecified atom stereocenters. The van der Waals surface area contributed by atoms with Crippen molar-refractivity contribution in [2.75, 3.05) is 46.8 Å². The average molecular weight is 525 g/mol. The van der Waals surface area contributed by atoms with Gasteiger partial charge >= 0.3 is 0 Å². The number of guanidine groups is 1. The Morgan fingerprint density at radius 1 is 1.10 bits per heavy atom. The molecule has 2 aromatic rings. The van der Waals surface area contributed by atoms with Crippen molar-refractivity contribution in [3.05, 3.63) is 71.5 Å². The van der Waals surface area contributed by atoms with Crippen molar-refractivity contribution >= 4 is 29.9 Å².